The molecule has 1 N–H and O–H groups in total. The van der Waals surface area contributed by atoms with Gasteiger partial charge in [0.15, 0.2) is 5.82 Å². The van der Waals surface area contributed by atoms with Gasteiger partial charge >= 0.3 is 0 Å². The summed E-state index contributed by atoms with van der Waals surface area (Å²) in [7, 11) is 0. The molecule has 1 aromatic rings. The van der Waals surface area contributed by atoms with E-state index in [1.807, 2.05) is 25.7 Å². The minimum absolute atomic E-state index is 0.0187. The first-order valence-electron chi connectivity index (χ1n) is 6.88. The zero-order chi connectivity index (χ0) is 14.3. The van der Waals surface area contributed by atoms with Crippen LogP contribution in [0.15, 0.2) is 4.52 Å². The molecule has 0 spiro atoms. The van der Waals surface area contributed by atoms with Crippen LogP contribution in [0.3, 0.4) is 0 Å². The molecular formula is C13H24N4O2. The summed E-state index contributed by atoms with van der Waals surface area (Å²) in [5.74, 6) is 1.33. The van der Waals surface area contributed by atoms with Gasteiger partial charge in [-0.15, -0.1) is 0 Å². The van der Waals surface area contributed by atoms with Crippen LogP contribution in [-0.4, -0.2) is 40.1 Å². The molecule has 0 aliphatic carbocycles. The van der Waals surface area contributed by atoms with Gasteiger partial charge in [0, 0.05) is 12.5 Å². The monoisotopic (exact) mass is 268 g/mol. The molecule has 0 radical (unpaired) electrons. The summed E-state index contributed by atoms with van der Waals surface area (Å²) in [5, 5.41) is 6.78. The van der Waals surface area contributed by atoms with Gasteiger partial charge in [0.25, 0.3) is 0 Å². The number of hydrogen-bond acceptors (Lipinski definition) is 5. The van der Waals surface area contributed by atoms with E-state index >= 15 is 0 Å². The van der Waals surface area contributed by atoms with E-state index in [2.05, 4.69) is 22.4 Å². The fourth-order valence-electron chi connectivity index (χ4n) is 1.72. The third-order valence-electron chi connectivity index (χ3n) is 2.61. The van der Waals surface area contributed by atoms with Gasteiger partial charge in [-0.2, -0.15) is 4.98 Å². The Kier molecular flexibility index (Phi) is 6.49. The van der Waals surface area contributed by atoms with Crippen LogP contribution in [0.25, 0.3) is 0 Å². The van der Waals surface area contributed by atoms with Crippen LogP contribution in [0.1, 0.15) is 45.8 Å². The third kappa shape index (κ3) is 5.83. The third-order valence-corrected chi connectivity index (χ3v) is 2.61. The zero-order valence-corrected chi connectivity index (χ0v) is 12.3. The van der Waals surface area contributed by atoms with Crippen molar-refractivity contribution < 1.29 is 9.32 Å². The Morgan fingerprint density at radius 1 is 1.42 bits per heavy atom. The number of rotatable bonds is 8. The molecule has 0 aliphatic rings. The van der Waals surface area contributed by atoms with Crippen molar-refractivity contribution in [2.45, 2.75) is 53.1 Å². The molecule has 0 aliphatic heterocycles. The van der Waals surface area contributed by atoms with Crippen LogP contribution in [-0.2, 0) is 17.8 Å². The highest BCUT2D eigenvalue weighted by atomic mass is 16.5. The van der Waals surface area contributed by atoms with Gasteiger partial charge in [0.05, 0.1) is 13.1 Å². The molecule has 19 heavy (non-hydrogen) atoms. The van der Waals surface area contributed by atoms with Crippen molar-refractivity contribution >= 4 is 5.91 Å². The highest BCUT2D eigenvalue weighted by molar-refractivity contribution is 5.78. The Labute approximate surface area is 114 Å². The summed E-state index contributed by atoms with van der Waals surface area (Å²) in [5.41, 5.74) is 0. The molecule has 0 saturated carbocycles. The molecular weight excluding hydrogens is 244 g/mol. The number of carbonyl (C=O) groups excluding carboxylic acids is 1. The molecule has 1 heterocycles. The van der Waals surface area contributed by atoms with E-state index in [1.54, 1.807) is 0 Å². The average Bonchev–Trinajstić information content (AvgIpc) is 2.75. The second-order valence-electron chi connectivity index (χ2n) is 4.88. The average molecular weight is 268 g/mol. The highest BCUT2D eigenvalue weighted by Gasteiger charge is 2.14. The minimum Gasteiger partial charge on any atom is -0.353 e. The first kappa shape index (κ1) is 15.6. The summed E-state index contributed by atoms with van der Waals surface area (Å²) in [6, 6.07) is 0.158. The van der Waals surface area contributed by atoms with Crippen LogP contribution in [0.5, 0.6) is 0 Å². The van der Waals surface area contributed by atoms with E-state index in [1.165, 1.54) is 0 Å². The molecule has 0 unspecified atom stereocenters. The number of carbonyl (C=O) groups is 1. The number of aryl methyl sites for hydroxylation is 1. The summed E-state index contributed by atoms with van der Waals surface area (Å²) in [4.78, 5) is 18.0. The predicted octanol–water partition coefficient (Wildman–Crippen LogP) is 1.37. The smallest absolute Gasteiger partial charge is 0.240 e. The van der Waals surface area contributed by atoms with Crippen molar-refractivity contribution in [3.8, 4) is 0 Å². The molecule has 0 saturated heterocycles. The van der Waals surface area contributed by atoms with E-state index in [0.717, 1.165) is 25.2 Å². The molecule has 1 aromatic heterocycles. The molecule has 0 fully saturated rings. The normalized spacial score (nSPS) is 11.3. The maximum Gasteiger partial charge on any atom is 0.240 e. The van der Waals surface area contributed by atoms with Crippen molar-refractivity contribution in [1.29, 1.82) is 0 Å². The Balaban J connectivity index is 2.48. The van der Waals surface area contributed by atoms with Gasteiger partial charge in [-0.05, 0) is 26.8 Å². The first-order valence-corrected chi connectivity index (χ1v) is 6.88. The molecule has 6 heteroatoms. The molecule has 0 bridgehead atoms. The Hall–Kier alpha value is -1.43. The van der Waals surface area contributed by atoms with Gasteiger partial charge in [-0.3, -0.25) is 9.69 Å². The lowest BCUT2D eigenvalue weighted by atomic mass is 10.3. The van der Waals surface area contributed by atoms with Gasteiger partial charge in [0.1, 0.15) is 0 Å². The van der Waals surface area contributed by atoms with Crippen molar-refractivity contribution in [1.82, 2.24) is 20.4 Å². The van der Waals surface area contributed by atoms with Crippen molar-refractivity contribution in [2.75, 3.05) is 13.1 Å². The molecule has 6 nitrogen and oxygen atoms in total. The molecule has 0 aromatic carbocycles. The van der Waals surface area contributed by atoms with Crippen molar-refractivity contribution in [2.24, 2.45) is 0 Å². The van der Waals surface area contributed by atoms with Gasteiger partial charge in [-0.25, -0.2) is 0 Å². The van der Waals surface area contributed by atoms with Crippen LogP contribution >= 0.6 is 0 Å². The van der Waals surface area contributed by atoms with E-state index in [9.17, 15) is 4.79 Å². The van der Waals surface area contributed by atoms with Gasteiger partial charge in [0.2, 0.25) is 11.8 Å². The standard InChI is InChI=1S/C13H24N4O2/c1-5-7-11-15-13(19-16-11)9-17(6-2)8-12(18)14-10(3)4/h10H,5-9H2,1-4H3,(H,14,18). The second-order valence-corrected chi connectivity index (χ2v) is 4.88. The largest absolute Gasteiger partial charge is 0.353 e. The topological polar surface area (TPSA) is 71.3 Å². The zero-order valence-electron chi connectivity index (χ0n) is 12.3. The van der Waals surface area contributed by atoms with E-state index < -0.39 is 0 Å². The maximum absolute atomic E-state index is 11.7. The Morgan fingerprint density at radius 3 is 2.74 bits per heavy atom. The van der Waals surface area contributed by atoms with E-state index in [0.29, 0.717) is 19.0 Å². The molecule has 1 amide bonds. The van der Waals surface area contributed by atoms with Crippen LogP contribution in [0.4, 0.5) is 0 Å². The number of aromatic nitrogens is 2. The lowest BCUT2D eigenvalue weighted by molar-refractivity contribution is -0.122. The maximum atomic E-state index is 11.7. The van der Waals surface area contributed by atoms with Crippen molar-refractivity contribution in [3.63, 3.8) is 0 Å². The number of likely N-dealkylation sites (N-methyl/N-ethyl adjacent to an activating group) is 1. The highest BCUT2D eigenvalue weighted by Crippen LogP contribution is 2.04. The Bertz CT molecular complexity index is 390. The fourth-order valence-corrected chi connectivity index (χ4v) is 1.72. The van der Waals surface area contributed by atoms with Crippen LogP contribution in [0.2, 0.25) is 0 Å². The minimum atomic E-state index is 0.0187. The van der Waals surface area contributed by atoms with Gasteiger partial charge in [-0.1, -0.05) is 19.0 Å². The van der Waals surface area contributed by atoms with E-state index in [-0.39, 0.29) is 11.9 Å². The second kappa shape index (κ2) is 7.89. The number of nitrogens with zero attached hydrogens (tertiary/aromatic N) is 3. The number of amides is 1. The van der Waals surface area contributed by atoms with Crippen LogP contribution < -0.4 is 5.32 Å². The summed E-state index contributed by atoms with van der Waals surface area (Å²) >= 11 is 0. The molecule has 1 rings (SSSR count). The quantitative estimate of drug-likeness (QED) is 0.771. The van der Waals surface area contributed by atoms with E-state index in [4.69, 9.17) is 4.52 Å². The first-order chi connectivity index (χ1) is 9.05. The molecule has 0 atom stereocenters. The number of hydrogen-bond donors (Lipinski definition) is 1. The SMILES string of the molecule is CCCc1noc(CN(CC)CC(=O)NC(C)C)n1. The van der Waals surface area contributed by atoms with Crippen LogP contribution in [0, 0.1) is 0 Å². The number of nitrogens with one attached hydrogen (secondary N) is 1. The lowest BCUT2D eigenvalue weighted by Crippen LogP contribution is -2.39. The van der Waals surface area contributed by atoms with Gasteiger partial charge < -0.3 is 9.84 Å². The fraction of sp³-hybridized carbons (Fsp3) is 0.769. The predicted molar refractivity (Wildman–Crippen MR) is 72.5 cm³/mol. The summed E-state index contributed by atoms with van der Waals surface area (Å²) in [6.45, 7) is 9.60. The molecule has 108 valence electrons. The lowest BCUT2D eigenvalue weighted by Gasteiger charge is -2.18. The van der Waals surface area contributed by atoms with Crippen molar-refractivity contribution in [3.05, 3.63) is 11.7 Å². The summed E-state index contributed by atoms with van der Waals surface area (Å²) in [6.07, 6.45) is 1.82. The Morgan fingerprint density at radius 2 is 2.16 bits per heavy atom. The summed E-state index contributed by atoms with van der Waals surface area (Å²) < 4.78 is 5.18.